The molecule has 0 radical (unpaired) electrons. The topological polar surface area (TPSA) is 75.6 Å². The first-order valence-electron chi connectivity index (χ1n) is 14.4. The van der Waals surface area contributed by atoms with E-state index in [0.717, 1.165) is 16.9 Å². The van der Waals surface area contributed by atoms with Gasteiger partial charge >= 0.3 is 17.2 Å². The Labute approximate surface area is 245 Å². The second-order valence-corrected chi connectivity index (χ2v) is 14.1. The molecule has 2 aliphatic heterocycles. The summed E-state index contributed by atoms with van der Waals surface area (Å²) in [5.41, 5.74) is 3.08. The predicted octanol–water partition coefficient (Wildman–Crippen LogP) is 8.76. The van der Waals surface area contributed by atoms with Gasteiger partial charge in [0.25, 0.3) is 0 Å². The Kier molecular flexibility index (Phi) is 8.83. The van der Waals surface area contributed by atoms with Crippen molar-refractivity contribution in [3.05, 3.63) is 89.5 Å². The van der Waals surface area contributed by atoms with Crippen molar-refractivity contribution < 1.29 is 32.2 Å². The molecule has 2 heterocycles. The molecule has 1 aliphatic carbocycles. The van der Waals surface area contributed by atoms with Crippen molar-refractivity contribution in [3.8, 4) is 17.2 Å². The first-order valence-corrected chi connectivity index (χ1v) is 16.6. The number of benzene rings is 3. The van der Waals surface area contributed by atoms with Gasteiger partial charge in [-0.25, -0.2) is 0 Å². The summed E-state index contributed by atoms with van der Waals surface area (Å²) in [5, 5.41) is 9.62. The molecule has 6 rings (SSSR count). The van der Waals surface area contributed by atoms with E-state index in [4.69, 9.17) is 27.1 Å². The Balaban J connectivity index is 0.958. The summed E-state index contributed by atoms with van der Waals surface area (Å²) in [4.78, 5) is 0. The van der Waals surface area contributed by atoms with Crippen LogP contribution >= 0.6 is 17.2 Å². The molecule has 2 saturated heterocycles. The van der Waals surface area contributed by atoms with E-state index in [9.17, 15) is 5.11 Å². The third kappa shape index (κ3) is 6.88. The molecule has 0 aromatic heterocycles. The van der Waals surface area contributed by atoms with Crippen molar-refractivity contribution in [1.82, 2.24) is 0 Å². The quantitative estimate of drug-likeness (QED) is 0.273. The SMILES string of the molecule is CC(C)(c1ccc(O)cc1)c1ccc(OP2OCC3(COP(Oc4ccc(C5CCCCC5)cc4)OC3)CO2)cc1. The minimum absolute atomic E-state index is 0.218. The van der Waals surface area contributed by atoms with Crippen LogP contribution in [0.1, 0.15) is 68.6 Å². The average molecular weight is 597 g/mol. The van der Waals surface area contributed by atoms with Crippen LogP contribution in [-0.4, -0.2) is 31.5 Å². The molecule has 1 N–H and O–H groups in total. The summed E-state index contributed by atoms with van der Waals surface area (Å²) in [6.45, 7) is 6.08. The van der Waals surface area contributed by atoms with Gasteiger partial charge in [-0.2, -0.15) is 0 Å². The highest BCUT2D eigenvalue weighted by Crippen LogP contribution is 2.53. The highest BCUT2D eigenvalue weighted by Gasteiger charge is 2.45. The fraction of sp³-hybridized carbons (Fsp3) is 0.438. The van der Waals surface area contributed by atoms with Gasteiger partial charge in [0.1, 0.15) is 17.2 Å². The largest absolute Gasteiger partial charge is 0.508 e. The molecule has 3 aliphatic rings. The summed E-state index contributed by atoms with van der Waals surface area (Å²) in [6.07, 6.45) is 6.58. The van der Waals surface area contributed by atoms with Gasteiger partial charge in [-0.15, -0.1) is 0 Å². The molecule has 1 spiro atoms. The van der Waals surface area contributed by atoms with Crippen molar-refractivity contribution >= 4 is 17.2 Å². The summed E-state index contributed by atoms with van der Waals surface area (Å²) < 4.78 is 35.9. The molecule has 3 fully saturated rings. The van der Waals surface area contributed by atoms with Crippen LogP contribution in [0.5, 0.6) is 17.2 Å². The van der Waals surface area contributed by atoms with E-state index in [1.807, 2.05) is 36.4 Å². The van der Waals surface area contributed by atoms with Crippen LogP contribution in [0.2, 0.25) is 0 Å². The maximum absolute atomic E-state index is 9.62. The molecule has 41 heavy (non-hydrogen) atoms. The van der Waals surface area contributed by atoms with Crippen molar-refractivity contribution in [3.63, 3.8) is 0 Å². The molecule has 7 nitrogen and oxygen atoms in total. The van der Waals surface area contributed by atoms with E-state index in [2.05, 4.69) is 38.1 Å². The van der Waals surface area contributed by atoms with Gasteiger partial charge in [-0.1, -0.05) is 69.5 Å². The van der Waals surface area contributed by atoms with Gasteiger partial charge in [0.05, 0.1) is 31.8 Å². The third-order valence-electron chi connectivity index (χ3n) is 8.39. The summed E-state index contributed by atoms with van der Waals surface area (Å²) in [6, 6.07) is 23.7. The Morgan fingerprint density at radius 1 is 0.659 bits per heavy atom. The second-order valence-electron chi connectivity index (χ2n) is 11.8. The fourth-order valence-corrected chi connectivity index (χ4v) is 8.04. The lowest BCUT2D eigenvalue weighted by Gasteiger charge is -2.41. The molecular formula is C32H38O7P2. The van der Waals surface area contributed by atoms with E-state index in [1.165, 1.54) is 37.7 Å². The minimum atomic E-state index is -1.51. The zero-order valence-electron chi connectivity index (χ0n) is 23.7. The van der Waals surface area contributed by atoms with Crippen LogP contribution < -0.4 is 9.05 Å². The van der Waals surface area contributed by atoms with Gasteiger partial charge in [-0.3, -0.25) is 0 Å². The van der Waals surface area contributed by atoms with Crippen molar-refractivity contribution in [1.29, 1.82) is 0 Å². The molecule has 0 unspecified atom stereocenters. The van der Waals surface area contributed by atoms with Gasteiger partial charge in [0.2, 0.25) is 0 Å². The molecule has 0 amide bonds. The van der Waals surface area contributed by atoms with Crippen LogP contribution in [0.4, 0.5) is 0 Å². The number of hydrogen-bond acceptors (Lipinski definition) is 7. The van der Waals surface area contributed by atoms with Gasteiger partial charge in [0.15, 0.2) is 0 Å². The maximum atomic E-state index is 9.62. The highest BCUT2D eigenvalue weighted by molar-refractivity contribution is 7.42. The third-order valence-corrected chi connectivity index (χ3v) is 10.5. The van der Waals surface area contributed by atoms with Gasteiger partial charge in [-0.05, 0) is 71.8 Å². The summed E-state index contributed by atoms with van der Waals surface area (Å²) >= 11 is 0. The zero-order valence-corrected chi connectivity index (χ0v) is 25.4. The van der Waals surface area contributed by atoms with E-state index < -0.39 is 17.2 Å². The van der Waals surface area contributed by atoms with Crippen molar-refractivity contribution in [2.24, 2.45) is 5.41 Å². The van der Waals surface area contributed by atoms with E-state index in [1.54, 1.807) is 12.1 Å². The van der Waals surface area contributed by atoms with E-state index >= 15 is 0 Å². The van der Waals surface area contributed by atoms with Crippen LogP contribution in [0, 0.1) is 5.41 Å². The van der Waals surface area contributed by atoms with Crippen LogP contribution in [0.25, 0.3) is 0 Å². The van der Waals surface area contributed by atoms with Crippen LogP contribution in [-0.2, 0) is 23.5 Å². The highest BCUT2D eigenvalue weighted by atomic mass is 31.2. The second kappa shape index (κ2) is 12.6. The van der Waals surface area contributed by atoms with Crippen LogP contribution in [0.15, 0.2) is 72.8 Å². The molecule has 3 aromatic carbocycles. The number of aromatic hydroxyl groups is 1. The Morgan fingerprint density at radius 2 is 1.10 bits per heavy atom. The fourth-order valence-electron chi connectivity index (χ4n) is 5.57. The molecule has 9 heteroatoms. The smallest absolute Gasteiger partial charge is 0.397 e. The summed E-state index contributed by atoms with van der Waals surface area (Å²) in [5.74, 6) is 2.41. The van der Waals surface area contributed by atoms with Crippen molar-refractivity contribution in [2.45, 2.75) is 57.3 Å². The van der Waals surface area contributed by atoms with Crippen LogP contribution in [0.3, 0.4) is 0 Å². The van der Waals surface area contributed by atoms with E-state index in [-0.39, 0.29) is 16.6 Å². The summed E-state index contributed by atoms with van der Waals surface area (Å²) in [7, 11) is -2.96. The predicted molar refractivity (Wildman–Crippen MR) is 160 cm³/mol. The Morgan fingerprint density at radius 3 is 1.59 bits per heavy atom. The lowest BCUT2D eigenvalue weighted by atomic mass is 9.78. The first kappa shape index (κ1) is 28.9. The number of phenolic OH excluding ortho intramolecular Hbond substituents is 1. The first-order chi connectivity index (χ1) is 19.9. The lowest BCUT2D eigenvalue weighted by Crippen LogP contribution is -2.45. The number of hydrogen-bond donors (Lipinski definition) is 1. The standard InChI is InChI=1S/C32H38O7P2/c1-31(2,26-10-14-28(33)15-11-26)27-12-18-30(19-13-27)39-41-36-22-32(23-37-41)20-34-40(35-21-32)38-29-16-8-25(9-17-29)24-6-4-3-5-7-24/h8-19,24,33H,3-7,20-23H2,1-2H3. The zero-order chi connectivity index (χ0) is 28.3. The maximum Gasteiger partial charge on any atom is 0.397 e. The lowest BCUT2D eigenvalue weighted by molar-refractivity contribution is -0.0672. The molecular weight excluding hydrogens is 558 g/mol. The minimum Gasteiger partial charge on any atom is -0.508 e. The van der Waals surface area contributed by atoms with E-state index in [0.29, 0.717) is 38.1 Å². The molecule has 0 atom stereocenters. The van der Waals surface area contributed by atoms with Crippen molar-refractivity contribution in [2.75, 3.05) is 26.4 Å². The average Bonchev–Trinajstić information content (AvgIpc) is 3.01. The monoisotopic (exact) mass is 596 g/mol. The number of phenols is 1. The molecule has 1 saturated carbocycles. The van der Waals surface area contributed by atoms with Gasteiger partial charge < -0.3 is 32.2 Å². The van der Waals surface area contributed by atoms with Gasteiger partial charge in [0, 0.05) is 5.41 Å². The molecule has 3 aromatic rings. The normalized spacial score (nSPS) is 25.6. The Bertz CT molecular complexity index is 1260. The molecule has 0 bridgehead atoms. The molecule has 218 valence electrons. The Hall–Kier alpha value is -2.24. The number of rotatable bonds is 7.